The Balaban J connectivity index is 1.77. The van der Waals surface area contributed by atoms with Gasteiger partial charge < -0.3 is 10.1 Å². The average Bonchev–Trinajstić information content (AvgIpc) is 2.61. The van der Waals surface area contributed by atoms with Crippen molar-refractivity contribution >= 4 is 17.9 Å². The Kier molecular flexibility index (Phi) is 6.28. The van der Waals surface area contributed by atoms with Crippen molar-refractivity contribution < 1.29 is 19.1 Å². The van der Waals surface area contributed by atoms with Crippen molar-refractivity contribution in [1.29, 1.82) is 0 Å². The molecule has 25 heavy (non-hydrogen) atoms. The van der Waals surface area contributed by atoms with Crippen molar-refractivity contribution in [3.8, 4) is 0 Å². The van der Waals surface area contributed by atoms with E-state index in [4.69, 9.17) is 4.74 Å². The van der Waals surface area contributed by atoms with Gasteiger partial charge in [0.2, 0.25) is 0 Å². The van der Waals surface area contributed by atoms with Crippen LogP contribution in [0.5, 0.6) is 0 Å². The first kappa shape index (κ1) is 18.2. The number of ether oxygens (including phenoxy) is 1. The van der Waals surface area contributed by atoms with Crippen LogP contribution in [0.3, 0.4) is 0 Å². The summed E-state index contributed by atoms with van der Waals surface area (Å²) in [6.45, 7) is 3.46. The van der Waals surface area contributed by atoms with Crippen molar-refractivity contribution in [2.75, 3.05) is 6.61 Å². The molecule has 6 nitrogen and oxygen atoms in total. The van der Waals surface area contributed by atoms with Gasteiger partial charge in [-0.05, 0) is 36.6 Å². The van der Waals surface area contributed by atoms with Gasteiger partial charge >= 0.3 is 12.0 Å². The van der Waals surface area contributed by atoms with Crippen LogP contribution in [-0.2, 0) is 16.1 Å². The van der Waals surface area contributed by atoms with Crippen LogP contribution >= 0.6 is 0 Å². The van der Waals surface area contributed by atoms with Crippen molar-refractivity contribution in [2.24, 2.45) is 0 Å². The van der Waals surface area contributed by atoms with Crippen molar-refractivity contribution in [3.63, 3.8) is 0 Å². The molecule has 0 saturated heterocycles. The molecule has 0 fully saturated rings. The molecule has 0 bridgehead atoms. The fraction of sp³-hybridized carbons (Fsp3) is 0.211. The van der Waals surface area contributed by atoms with E-state index in [1.54, 1.807) is 12.1 Å². The standard InChI is InChI=1S/C19H20N2O4/c1-13-7-6-10-16(14(13)2)18(23)25-12-17(22)21-19(24)20-11-15-8-4-3-5-9-15/h3-10H,11-12H2,1-2H3,(H2,20,21,22,24). The van der Waals surface area contributed by atoms with Crippen LogP contribution in [-0.4, -0.2) is 24.5 Å². The van der Waals surface area contributed by atoms with Crippen LogP contribution in [0.1, 0.15) is 27.0 Å². The number of amides is 3. The molecule has 130 valence electrons. The van der Waals surface area contributed by atoms with Crippen molar-refractivity contribution in [2.45, 2.75) is 20.4 Å². The van der Waals surface area contributed by atoms with Gasteiger partial charge in [-0.1, -0.05) is 42.5 Å². The van der Waals surface area contributed by atoms with Gasteiger partial charge in [-0.3, -0.25) is 10.1 Å². The molecular weight excluding hydrogens is 320 g/mol. The Morgan fingerprint density at radius 2 is 1.68 bits per heavy atom. The number of carbonyl (C=O) groups excluding carboxylic acids is 3. The van der Waals surface area contributed by atoms with E-state index in [0.717, 1.165) is 16.7 Å². The Labute approximate surface area is 146 Å². The highest BCUT2D eigenvalue weighted by Gasteiger charge is 2.14. The molecule has 2 N–H and O–H groups in total. The maximum absolute atomic E-state index is 12.0. The van der Waals surface area contributed by atoms with Crippen LogP contribution in [0.2, 0.25) is 0 Å². The van der Waals surface area contributed by atoms with Crippen LogP contribution in [0.25, 0.3) is 0 Å². The molecule has 0 saturated carbocycles. The van der Waals surface area contributed by atoms with E-state index in [9.17, 15) is 14.4 Å². The lowest BCUT2D eigenvalue weighted by molar-refractivity contribution is -0.123. The summed E-state index contributed by atoms with van der Waals surface area (Å²) in [5, 5.41) is 4.67. The molecule has 2 aromatic carbocycles. The van der Waals surface area contributed by atoms with Crippen LogP contribution in [0.4, 0.5) is 4.79 Å². The largest absolute Gasteiger partial charge is 0.452 e. The summed E-state index contributed by atoms with van der Waals surface area (Å²) in [4.78, 5) is 35.4. The van der Waals surface area contributed by atoms with E-state index in [1.807, 2.05) is 50.2 Å². The predicted molar refractivity (Wildman–Crippen MR) is 93.0 cm³/mol. The van der Waals surface area contributed by atoms with E-state index in [1.165, 1.54) is 0 Å². The lowest BCUT2D eigenvalue weighted by Gasteiger charge is -2.09. The second kappa shape index (κ2) is 8.63. The quantitative estimate of drug-likeness (QED) is 0.819. The monoisotopic (exact) mass is 340 g/mol. The van der Waals surface area contributed by atoms with E-state index in [2.05, 4.69) is 10.6 Å². The van der Waals surface area contributed by atoms with Gasteiger partial charge in [0.25, 0.3) is 5.91 Å². The zero-order valence-electron chi connectivity index (χ0n) is 14.2. The van der Waals surface area contributed by atoms with Gasteiger partial charge in [0.15, 0.2) is 6.61 Å². The third kappa shape index (κ3) is 5.46. The first-order valence-corrected chi connectivity index (χ1v) is 7.82. The molecule has 0 spiro atoms. The number of urea groups is 1. The third-order valence-corrected chi connectivity index (χ3v) is 3.71. The third-order valence-electron chi connectivity index (χ3n) is 3.71. The Morgan fingerprint density at radius 3 is 2.40 bits per heavy atom. The van der Waals surface area contributed by atoms with Crippen LogP contribution < -0.4 is 10.6 Å². The minimum Gasteiger partial charge on any atom is -0.452 e. The minimum absolute atomic E-state index is 0.294. The second-order valence-electron chi connectivity index (χ2n) is 5.54. The lowest BCUT2D eigenvalue weighted by Crippen LogP contribution is -2.41. The number of imide groups is 1. The van der Waals surface area contributed by atoms with Gasteiger partial charge in [0.1, 0.15) is 0 Å². The van der Waals surface area contributed by atoms with Gasteiger partial charge in [0.05, 0.1) is 5.56 Å². The Bertz CT molecular complexity index is 772. The molecule has 6 heteroatoms. The van der Waals surface area contributed by atoms with E-state index >= 15 is 0 Å². The number of benzene rings is 2. The van der Waals surface area contributed by atoms with E-state index in [0.29, 0.717) is 12.1 Å². The first-order valence-electron chi connectivity index (χ1n) is 7.82. The molecule has 0 atom stereocenters. The Morgan fingerprint density at radius 1 is 0.960 bits per heavy atom. The number of carbonyl (C=O) groups is 3. The summed E-state index contributed by atoms with van der Waals surface area (Å²) in [5.41, 5.74) is 3.07. The van der Waals surface area contributed by atoms with Crippen LogP contribution in [0.15, 0.2) is 48.5 Å². The molecule has 0 aliphatic rings. The van der Waals surface area contributed by atoms with Crippen molar-refractivity contribution in [1.82, 2.24) is 10.6 Å². The Hall–Kier alpha value is -3.15. The average molecular weight is 340 g/mol. The molecule has 2 aromatic rings. The summed E-state index contributed by atoms with van der Waals surface area (Å²) in [5.74, 6) is -1.29. The van der Waals surface area contributed by atoms with Crippen LogP contribution in [0, 0.1) is 13.8 Å². The predicted octanol–water partition coefficient (Wildman–Crippen LogP) is 2.49. The molecule has 3 amide bonds. The fourth-order valence-corrected chi connectivity index (χ4v) is 2.17. The summed E-state index contributed by atoms with van der Waals surface area (Å²) in [7, 11) is 0. The number of hydrogen-bond donors (Lipinski definition) is 2. The summed E-state index contributed by atoms with van der Waals surface area (Å²) in [6, 6.07) is 13.9. The topological polar surface area (TPSA) is 84.5 Å². The van der Waals surface area contributed by atoms with E-state index < -0.39 is 24.5 Å². The molecule has 0 aliphatic carbocycles. The number of rotatable bonds is 5. The smallest absolute Gasteiger partial charge is 0.338 e. The summed E-state index contributed by atoms with van der Waals surface area (Å²) >= 11 is 0. The summed E-state index contributed by atoms with van der Waals surface area (Å²) in [6.07, 6.45) is 0. The highest BCUT2D eigenvalue weighted by molar-refractivity contribution is 5.97. The molecule has 0 aliphatic heterocycles. The van der Waals surface area contributed by atoms with Gasteiger partial charge in [0, 0.05) is 6.54 Å². The number of esters is 1. The number of nitrogens with one attached hydrogen (secondary N) is 2. The highest BCUT2D eigenvalue weighted by Crippen LogP contribution is 2.13. The van der Waals surface area contributed by atoms with Gasteiger partial charge in [-0.15, -0.1) is 0 Å². The molecular formula is C19H20N2O4. The molecule has 0 unspecified atom stereocenters. The normalized spacial score (nSPS) is 10.0. The number of hydrogen-bond acceptors (Lipinski definition) is 4. The molecule has 2 rings (SSSR count). The maximum Gasteiger partial charge on any atom is 0.338 e. The SMILES string of the molecule is Cc1cccc(C(=O)OCC(=O)NC(=O)NCc2ccccc2)c1C. The second-order valence-corrected chi connectivity index (χ2v) is 5.54. The van der Waals surface area contributed by atoms with Crippen molar-refractivity contribution in [3.05, 3.63) is 70.8 Å². The molecule has 0 aromatic heterocycles. The zero-order valence-corrected chi connectivity index (χ0v) is 14.2. The summed E-state index contributed by atoms with van der Waals surface area (Å²) < 4.78 is 4.96. The van der Waals surface area contributed by atoms with E-state index in [-0.39, 0.29) is 0 Å². The zero-order chi connectivity index (χ0) is 18.2. The lowest BCUT2D eigenvalue weighted by atomic mass is 10.0. The molecule has 0 radical (unpaired) electrons. The first-order chi connectivity index (χ1) is 12.0. The fourth-order valence-electron chi connectivity index (χ4n) is 2.17. The van der Waals surface area contributed by atoms with Gasteiger partial charge in [-0.25, -0.2) is 9.59 Å². The maximum atomic E-state index is 12.0. The number of aryl methyl sites for hydroxylation is 1. The van der Waals surface area contributed by atoms with Gasteiger partial charge in [-0.2, -0.15) is 0 Å². The minimum atomic E-state index is -0.691. The highest BCUT2D eigenvalue weighted by atomic mass is 16.5. The molecule has 0 heterocycles.